The summed E-state index contributed by atoms with van der Waals surface area (Å²) in [5.74, 6) is -1.25. The molecule has 1 heterocycles. The van der Waals surface area contributed by atoms with E-state index in [9.17, 15) is 18.7 Å². The first-order valence-corrected chi connectivity index (χ1v) is 8.97. The van der Waals surface area contributed by atoms with E-state index in [1.807, 2.05) is 6.92 Å². The summed E-state index contributed by atoms with van der Waals surface area (Å²) < 4.78 is 32.3. The maximum absolute atomic E-state index is 13.7. The van der Waals surface area contributed by atoms with Gasteiger partial charge in [-0.15, -0.1) is 0 Å². The van der Waals surface area contributed by atoms with E-state index in [2.05, 4.69) is 0 Å². The molecular weight excluding hydrogens is 328 g/mol. The summed E-state index contributed by atoms with van der Waals surface area (Å²) in [4.78, 5) is 14.2. The molecule has 1 N–H and O–H groups in total. The molecule has 1 saturated heterocycles. The Morgan fingerprint density at radius 2 is 2.08 bits per heavy atom. The van der Waals surface area contributed by atoms with Crippen molar-refractivity contribution in [1.82, 2.24) is 4.90 Å². The molecule has 0 aromatic heterocycles. The Bertz CT molecular complexity index is 627. The number of benzene rings is 1. The molecule has 1 aromatic rings. The van der Waals surface area contributed by atoms with Crippen LogP contribution in [0.1, 0.15) is 38.2 Å². The van der Waals surface area contributed by atoms with Gasteiger partial charge in [0.1, 0.15) is 11.6 Å². The largest absolute Gasteiger partial charge is 0.392 e. The first-order chi connectivity index (χ1) is 12.0. The van der Waals surface area contributed by atoms with Crippen molar-refractivity contribution in [3.8, 4) is 0 Å². The van der Waals surface area contributed by atoms with Gasteiger partial charge in [-0.25, -0.2) is 8.78 Å². The summed E-state index contributed by atoms with van der Waals surface area (Å²) in [6, 6.07) is 3.44. The quantitative estimate of drug-likeness (QED) is 0.885. The third kappa shape index (κ3) is 3.55. The molecule has 2 aliphatic rings. The maximum atomic E-state index is 13.7. The molecule has 6 heteroatoms. The van der Waals surface area contributed by atoms with Gasteiger partial charge < -0.3 is 14.7 Å². The van der Waals surface area contributed by atoms with Gasteiger partial charge in [-0.1, -0.05) is 6.07 Å². The van der Waals surface area contributed by atoms with Gasteiger partial charge >= 0.3 is 0 Å². The number of carbonyl (C=O) groups excluding carboxylic acids is 1. The summed E-state index contributed by atoms with van der Waals surface area (Å²) in [5, 5.41) is 10.2. The average Bonchev–Trinajstić information content (AvgIpc) is 2.61. The van der Waals surface area contributed by atoms with Crippen LogP contribution < -0.4 is 0 Å². The predicted molar refractivity (Wildman–Crippen MR) is 89.0 cm³/mol. The minimum absolute atomic E-state index is 0.0275. The van der Waals surface area contributed by atoms with E-state index >= 15 is 0 Å². The number of ether oxygens (including phenoxy) is 1. The van der Waals surface area contributed by atoms with Crippen molar-refractivity contribution in [1.29, 1.82) is 0 Å². The number of halogens is 2. The lowest BCUT2D eigenvalue weighted by Crippen LogP contribution is -2.62. The third-order valence-corrected chi connectivity index (χ3v) is 5.78. The zero-order valence-electron chi connectivity index (χ0n) is 14.5. The van der Waals surface area contributed by atoms with Gasteiger partial charge in [0.25, 0.3) is 0 Å². The molecule has 2 atom stereocenters. The highest BCUT2D eigenvalue weighted by Gasteiger charge is 2.56. The summed E-state index contributed by atoms with van der Waals surface area (Å²) in [7, 11) is 0. The highest BCUT2D eigenvalue weighted by molar-refractivity contribution is 5.76. The van der Waals surface area contributed by atoms with E-state index in [0.29, 0.717) is 31.7 Å². The molecule has 1 aliphatic carbocycles. The van der Waals surface area contributed by atoms with Crippen LogP contribution in [-0.2, 0) is 16.0 Å². The normalized spacial score (nSPS) is 25.0. The second-order valence-corrected chi connectivity index (χ2v) is 7.05. The van der Waals surface area contributed by atoms with E-state index in [1.165, 1.54) is 12.1 Å². The van der Waals surface area contributed by atoms with Crippen LogP contribution in [0.25, 0.3) is 0 Å². The van der Waals surface area contributed by atoms with E-state index in [1.54, 1.807) is 4.90 Å². The third-order valence-electron chi connectivity index (χ3n) is 5.78. The zero-order chi connectivity index (χ0) is 18.0. The number of hydrogen-bond acceptors (Lipinski definition) is 3. The standard InChI is InChI=1S/C19H25F2NO3/c1-2-25-17-12-16(23)19(17)7-9-22(10-8-19)18(24)6-4-13-3-5-14(20)11-15(13)21/h3,5,11,16-17,23H,2,4,6-10,12H2,1H3/t16-,17+/m0/s1. The van der Waals surface area contributed by atoms with Crippen LogP contribution in [0.15, 0.2) is 18.2 Å². The van der Waals surface area contributed by atoms with Crippen LogP contribution in [-0.4, -0.2) is 47.8 Å². The van der Waals surface area contributed by atoms with Crippen molar-refractivity contribution in [2.45, 2.75) is 51.2 Å². The van der Waals surface area contributed by atoms with Gasteiger partial charge in [0, 0.05) is 44.0 Å². The van der Waals surface area contributed by atoms with E-state index < -0.39 is 11.6 Å². The molecule has 1 amide bonds. The molecule has 4 nitrogen and oxygen atoms in total. The van der Waals surface area contributed by atoms with Crippen molar-refractivity contribution in [2.75, 3.05) is 19.7 Å². The second-order valence-electron chi connectivity index (χ2n) is 7.05. The van der Waals surface area contributed by atoms with Gasteiger partial charge in [-0.2, -0.15) is 0 Å². The van der Waals surface area contributed by atoms with E-state index in [0.717, 1.165) is 18.9 Å². The van der Waals surface area contributed by atoms with Crippen molar-refractivity contribution >= 4 is 5.91 Å². The first-order valence-electron chi connectivity index (χ1n) is 8.97. The smallest absolute Gasteiger partial charge is 0.222 e. The highest BCUT2D eigenvalue weighted by atomic mass is 19.1. The highest BCUT2D eigenvalue weighted by Crippen LogP contribution is 2.50. The molecule has 0 radical (unpaired) electrons. The van der Waals surface area contributed by atoms with Gasteiger partial charge in [-0.05, 0) is 37.8 Å². The Balaban J connectivity index is 1.52. The lowest BCUT2D eigenvalue weighted by atomic mass is 9.58. The fraction of sp³-hybridized carbons (Fsp3) is 0.632. The number of piperidine rings is 1. The molecule has 1 spiro atoms. The lowest BCUT2D eigenvalue weighted by molar-refractivity contribution is -0.210. The molecule has 1 aromatic carbocycles. The Kier molecular flexibility index (Phi) is 5.39. The fourth-order valence-corrected chi connectivity index (χ4v) is 4.11. The molecule has 0 bridgehead atoms. The number of aliphatic hydroxyl groups is 1. The topological polar surface area (TPSA) is 49.8 Å². The number of likely N-dealkylation sites (tertiary alicyclic amines) is 1. The van der Waals surface area contributed by atoms with Crippen LogP contribution in [0.2, 0.25) is 0 Å². The van der Waals surface area contributed by atoms with Crippen molar-refractivity contribution < 1.29 is 23.4 Å². The predicted octanol–water partition coefficient (Wildman–Crippen LogP) is 2.68. The molecule has 3 rings (SSSR count). The van der Waals surface area contributed by atoms with Crippen LogP contribution in [0.3, 0.4) is 0 Å². The minimum atomic E-state index is -0.614. The van der Waals surface area contributed by atoms with Crippen LogP contribution >= 0.6 is 0 Å². The Morgan fingerprint density at radius 3 is 2.68 bits per heavy atom. The Morgan fingerprint density at radius 1 is 1.36 bits per heavy atom. The first kappa shape index (κ1) is 18.3. The lowest BCUT2D eigenvalue weighted by Gasteiger charge is -2.56. The minimum Gasteiger partial charge on any atom is -0.392 e. The molecule has 138 valence electrons. The SMILES string of the molecule is CCO[C@@H]1C[C@H](O)C12CCN(C(=O)CCc1ccc(F)cc1F)CC2. The maximum Gasteiger partial charge on any atom is 0.222 e. The molecule has 1 aliphatic heterocycles. The van der Waals surface area contributed by atoms with Gasteiger partial charge in [-0.3, -0.25) is 4.79 Å². The Hall–Kier alpha value is -1.53. The Labute approximate surface area is 146 Å². The molecule has 2 fully saturated rings. The van der Waals surface area contributed by atoms with Crippen molar-refractivity contribution in [2.24, 2.45) is 5.41 Å². The summed E-state index contributed by atoms with van der Waals surface area (Å²) >= 11 is 0. The average molecular weight is 353 g/mol. The molecule has 0 unspecified atom stereocenters. The fourth-order valence-electron chi connectivity index (χ4n) is 4.11. The van der Waals surface area contributed by atoms with Crippen molar-refractivity contribution in [3.63, 3.8) is 0 Å². The monoisotopic (exact) mass is 353 g/mol. The van der Waals surface area contributed by atoms with Crippen LogP contribution in [0, 0.1) is 17.0 Å². The zero-order valence-corrected chi connectivity index (χ0v) is 14.5. The van der Waals surface area contributed by atoms with Crippen LogP contribution in [0.4, 0.5) is 8.78 Å². The van der Waals surface area contributed by atoms with E-state index in [4.69, 9.17) is 4.74 Å². The number of aliphatic hydroxyl groups excluding tert-OH is 1. The number of amides is 1. The van der Waals surface area contributed by atoms with Crippen molar-refractivity contribution in [3.05, 3.63) is 35.4 Å². The van der Waals surface area contributed by atoms with Crippen LogP contribution in [0.5, 0.6) is 0 Å². The summed E-state index contributed by atoms with van der Waals surface area (Å²) in [5.41, 5.74) is 0.143. The number of carbonyl (C=O) groups is 1. The number of rotatable bonds is 5. The number of hydrogen-bond donors (Lipinski definition) is 1. The van der Waals surface area contributed by atoms with Gasteiger partial charge in [0.15, 0.2) is 0 Å². The molecular formula is C19H25F2NO3. The van der Waals surface area contributed by atoms with Gasteiger partial charge in [0.2, 0.25) is 5.91 Å². The van der Waals surface area contributed by atoms with E-state index in [-0.39, 0.29) is 36.4 Å². The van der Waals surface area contributed by atoms with Gasteiger partial charge in [0.05, 0.1) is 12.2 Å². The number of nitrogens with zero attached hydrogens (tertiary/aromatic N) is 1. The molecule has 25 heavy (non-hydrogen) atoms. The molecule has 1 saturated carbocycles. The summed E-state index contributed by atoms with van der Waals surface area (Å²) in [6.45, 7) is 3.76. The second kappa shape index (κ2) is 7.38. The summed E-state index contributed by atoms with van der Waals surface area (Å²) in [6.07, 6.45) is 2.33. The number of aryl methyl sites for hydroxylation is 1.